The van der Waals surface area contributed by atoms with Crippen molar-refractivity contribution >= 4 is 29.3 Å². The van der Waals surface area contributed by atoms with Crippen molar-refractivity contribution in [1.29, 1.82) is 0 Å². The zero-order chi connectivity index (χ0) is 21.3. The molecule has 0 spiro atoms. The van der Waals surface area contributed by atoms with Crippen molar-refractivity contribution in [1.82, 2.24) is 9.88 Å². The summed E-state index contributed by atoms with van der Waals surface area (Å²) in [6.07, 6.45) is 6.36. The van der Waals surface area contributed by atoms with E-state index in [4.69, 9.17) is 17.3 Å². The Hall–Kier alpha value is -2.64. The number of nitrogens with two attached hydrogens (primary N) is 1. The van der Waals surface area contributed by atoms with Crippen molar-refractivity contribution < 1.29 is 14.7 Å². The summed E-state index contributed by atoms with van der Waals surface area (Å²) in [4.78, 5) is 31.8. The van der Waals surface area contributed by atoms with Crippen molar-refractivity contribution in [3.8, 4) is 0 Å². The highest BCUT2D eigenvalue weighted by atomic mass is 35.5. The number of halogens is 1. The number of benzene rings is 1. The first-order valence-electron chi connectivity index (χ1n) is 10.2. The number of carbonyl (C=O) groups excluding carboxylic acids is 1. The minimum absolute atomic E-state index is 0.0747. The molecule has 0 unspecified atom stereocenters. The first-order valence-corrected chi connectivity index (χ1v) is 10.5. The largest absolute Gasteiger partial charge is 0.478 e. The van der Waals surface area contributed by atoms with Gasteiger partial charge in [0.1, 0.15) is 0 Å². The molecule has 1 aromatic carbocycles. The number of rotatable bonds is 5. The molecular formula is C22H25ClN4O3. The number of pyridine rings is 1. The number of nitrogens with zero attached hydrogens (tertiary/aromatic N) is 3. The molecule has 0 atom stereocenters. The molecule has 2 aliphatic rings. The third-order valence-electron chi connectivity index (χ3n) is 6.50. The van der Waals surface area contributed by atoms with Gasteiger partial charge in [-0.15, -0.1) is 0 Å². The van der Waals surface area contributed by atoms with Gasteiger partial charge >= 0.3 is 12.0 Å². The first-order chi connectivity index (χ1) is 14.4. The molecule has 4 rings (SSSR count). The number of carboxylic acids is 1. The molecule has 1 saturated heterocycles. The number of carboxylic acid groups (broad SMARTS) is 1. The van der Waals surface area contributed by atoms with Crippen molar-refractivity contribution in [2.75, 3.05) is 24.5 Å². The van der Waals surface area contributed by atoms with Gasteiger partial charge in [0, 0.05) is 42.3 Å². The molecule has 3 N–H and O–H groups in total. The molecule has 0 radical (unpaired) electrons. The topological polar surface area (TPSA) is 99.8 Å². The Kier molecular flexibility index (Phi) is 5.66. The van der Waals surface area contributed by atoms with E-state index in [1.165, 1.54) is 24.0 Å². The molecule has 1 saturated carbocycles. The van der Waals surface area contributed by atoms with Crippen LogP contribution < -0.4 is 10.6 Å². The molecule has 2 aromatic rings. The molecule has 30 heavy (non-hydrogen) atoms. The SMILES string of the molecule is NC[C@]1(c2cccc(Cl)c2)CC[C@H](N2CCN(c3cncc(C(=O)O)c3)C2=O)CC1. The molecule has 2 heterocycles. The van der Waals surface area contributed by atoms with Gasteiger partial charge in [0.25, 0.3) is 0 Å². The summed E-state index contributed by atoms with van der Waals surface area (Å²) in [6.45, 7) is 1.69. The van der Waals surface area contributed by atoms with E-state index in [1.807, 2.05) is 23.1 Å². The molecule has 1 aromatic heterocycles. The van der Waals surface area contributed by atoms with Gasteiger partial charge in [0.15, 0.2) is 0 Å². The quantitative estimate of drug-likeness (QED) is 0.759. The molecule has 1 aliphatic carbocycles. The highest BCUT2D eigenvalue weighted by Gasteiger charge is 2.41. The highest BCUT2D eigenvalue weighted by Crippen LogP contribution is 2.41. The molecule has 0 bridgehead atoms. The van der Waals surface area contributed by atoms with E-state index < -0.39 is 5.97 Å². The van der Waals surface area contributed by atoms with E-state index >= 15 is 0 Å². The number of anilines is 1. The van der Waals surface area contributed by atoms with Gasteiger partial charge in [-0.3, -0.25) is 9.88 Å². The molecule has 2 fully saturated rings. The highest BCUT2D eigenvalue weighted by molar-refractivity contribution is 6.30. The first kappa shape index (κ1) is 20.6. The van der Waals surface area contributed by atoms with E-state index in [0.717, 1.165) is 25.7 Å². The predicted molar refractivity (Wildman–Crippen MR) is 115 cm³/mol. The second kappa shape index (κ2) is 8.24. The summed E-state index contributed by atoms with van der Waals surface area (Å²) in [5, 5.41) is 9.90. The third-order valence-corrected chi connectivity index (χ3v) is 6.74. The zero-order valence-corrected chi connectivity index (χ0v) is 17.4. The maximum Gasteiger partial charge on any atom is 0.337 e. The Bertz CT molecular complexity index is 959. The number of aromatic carboxylic acids is 1. The monoisotopic (exact) mass is 428 g/mol. The Morgan fingerprint density at radius 1 is 1.23 bits per heavy atom. The van der Waals surface area contributed by atoms with Crippen molar-refractivity contribution in [3.63, 3.8) is 0 Å². The average Bonchev–Trinajstić information content (AvgIpc) is 3.15. The minimum atomic E-state index is -1.06. The van der Waals surface area contributed by atoms with Crippen LogP contribution in [0.25, 0.3) is 0 Å². The van der Waals surface area contributed by atoms with E-state index in [0.29, 0.717) is 30.3 Å². The number of aromatic nitrogens is 1. The van der Waals surface area contributed by atoms with Crippen LogP contribution in [0.2, 0.25) is 5.02 Å². The summed E-state index contributed by atoms with van der Waals surface area (Å²) < 4.78 is 0. The van der Waals surface area contributed by atoms with Gasteiger partial charge < -0.3 is 15.7 Å². The number of amides is 2. The fraction of sp³-hybridized carbons (Fsp3) is 0.409. The zero-order valence-electron chi connectivity index (χ0n) is 16.6. The second-order valence-corrected chi connectivity index (χ2v) is 8.53. The smallest absolute Gasteiger partial charge is 0.337 e. The maximum atomic E-state index is 13.1. The number of urea groups is 1. The lowest BCUT2D eigenvalue weighted by Gasteiger charge is -2.42. The second-order valence-electron chi connectivity index (χ2n) is 8.09. The Balaban J connectivity index is 1.46. The van der Waals surface area contributed by atoms with Crippen molar-refractivity contribution in [2.24, 2.45) is 5.73 Å². The standard InChI is InChI=1S/C22H25ClN4O3/c23-17-3-1-2-16(11-17)22(14-24)6-4-18(5-7-22)26-8-9-27(21(26)30)19-10-15(20(28)29)12-25-13-19/h1-3,10-13,18H,4-9,14,24H2,(H,28,29)/t18-,22-. The van der Waals surface area contributed by atoms with Crippen molar-refractivity contribution in [3.05, 3.63) is 58.9 Å². The number of hydrogen-bond acceptors (Lipinski definition) is 4. The van der Waals surface area contributed by atoms with Gasteiger partial charge in [-0.05, 0) is 49.4 Å². The van der Waals surface area contributed by atoms with Gasteiger partial charge in [-0.2, -0.15) is 0 Å². The normalized spacial score (nSPS) is 24.3. The molecule has 7 nitrogen and oxygen atoms in total. The van der Waals surface area contributed by atoms with Crippen LogP contribution in [0.4, 0.5) is 10.5 Å². The lowest BCUT2D eigenvalue weighted by atomic mass is 9.68. The van der Waals surface area contributed by atoms with E-state index in [1.54, 1.807) is 4.90 Å². The minimum Gasteiger partial charge on any atom is -0.478 e. The van der Waals surface area contributed by atoms with Crippen LogP contribution in [0.3, 0.4) is 0 Å². The van der Waals surface area contributed by atoms with Gasteiger partial charge in [-0.1, -0.05) is 23.7 Å². The van der Waals surface area contributed by atoms with Gasteiger partial charge in [0.2, 0.25) is 0 Å². The van der Waals surface area contributed by atoms with Crippen LogP contribution in [0.5, 0.6) is 0 Å². The fourth-order valence-corrected chi connectivity index (χ4v) is 4.91. The predicted octanol–water partition coefficient (Wildman–Crippen LogP) is 3.51. The summed E-state index contributed by atoms with van der Waals surface area (Å²) in [6, 6.07) is 9.47. The van der Waals surface area contributed by atoms with Crippen LogP contribution in [0, 0.1) is 0 Å². The van der Waals surface area contributed by atoms with E-state index in [-0.39, 0.29) is 23.1 Å². The summed E-state index contributed by atoms with van der Waals surface area (Å²) >= 11 is 6.20. The van der Waals surface area contributed by atoms with E-state index in [9.17, 15) is 14.7 Å². The number of carbonyl (C=O) groups is 2. The van der Waals surface area contributed by atoms with Crippen molar-refractivity contribution in [2.45, 2.75) is 37.1 Å². The average molecular weight is 429 g/mol. The molecule has 1 aliphatic heterocycles. The van der Waals surface area contributed by atoms with Crippen LogP contribution in [-0.4, -0.2) is 52.7 Å². The summed E-state index contributed by atoms with van der Waals surface area (Å²) in [5.41, 5.74) is 7.85. The van der Waals surface area contributed by atoms with Crippen LogP contribution in [0.15, 0.2) is 42.7 Å². The Labute approximate surface area is 180 Å². The van der Waals surface area contributed by atoms with Crippen LogP contribution in [0.1, 0.15) is 41.6 Å². The molecule has 8 heteroatoms. The number of hydrogen-bond donors (Lipinski definition) is 2. The molecular weight excluding hydrogens is 404 g/mol. The summed E-state index contributed by atoms with van der Waals surface area (Å²) in [7, 11) is 0. The van der Waals surface area contributed by atoms with Gasteiger partial charge in [-0.25, -0.2) is 9.59 Å². The Morgan fingerprint density at radius 2 is 2.00 bits per heavy atom. The van der Waals surface area contributed by atoms with Crippen LogP contribution in [-0.2, 0) is 5.41 Å². The lowest BCUT2D eigenvalue weighted by Crippen LogP contribution is -2.46. The third kappa shape index (κ3) is 3.75. The van der Waals surface area contributed by atoms with Gasteiger partial charge in [0.05, 0.1) is 17.4 Å². The maximum absolute atomic E-state index is 13.1. The Morgan fingerprint density at radius 3 is 2.67 bits per heavy atom. The lowest BCUT2D eigenvalue weighted by molar-refractivity contribution is 0.0696. The molecule has 2 amide bonds. The fourth-order valence-electron chi connectivity index (χ4n) is 4.72. The molecule has 158 valence electrons. The summed E-state index contributed by atoms with van der Waals surface area (Å²) in [5.74, 6) is -1.06. The van der Waals surface area contributed by atoms with Crippen LogP contribution >= 0.6 is 11.6 Å². The van der Waals surface area contributed by atoms with E-state index in [2.05, 4.69) is 11.1 Å².